The molecule has 1 fully saturated rings. The van der Waals surface area contributed by atoms with E-state index in [0.29, 0.717) is 37.3 Å². The summed E-state index contributed by atoms with van der Waals surface area (Å²) in [4.78, 5) is 8.85. The van der Waals surface area contributed by atoms with Crippen molar-refractivity contribution in [1.82, 2.24) is 19.7 Å². The molecule has 0 spiro atoms. The fourth-order valence-corrected chi connectivity index (χ4v) is 2.46. The largest absolute Gasteiger partial charge is 0.484 e. The van der Waals surface area contributed by atoms with Gasteiger partial charge in [-0.1, -0.05) is 6.42 Å². The van der Waals surface area contributed by atoms with Crippen LogP contribution in [0.1, 0.15) is 36.7 Å². The predicted octanol–water partition coefficient (Wildman–Crippen LogP) is 1.76. The van der Waals surface area contributed by atoms with Crippen LogP contribution >= 0.6 is 0 Å². The SMILES string of the molecule is c1cc2c(nc1Cn1cnc(C3CCC3)n1)OCCO2. The van der Waals surface area contributed by atoms with E-state index in [1.165, 1.54) is 19.3 Å². The van der Waals surface area contributed by atoms with Crippen LogP contribution in [0.25, 0.3) is 0 Å². The zero-order chi connectivity index (χ0) is 13.4. The lowest BCUT2D eigenvalue weighted by atomic mass is 9.85. The minimum atomic E-state index is 0.554. The highest BCUT2D eigenvalue weighted by Gasteiger charge is 2.23. The molecule has 0 bridgehead atoms. The fourth-order valence-electron chi connectivity index (χ4n) is 2.46. The zero-order valence-corrected chi connectivity index (χ0v) is 11.2. The van der Waals surface area contributed by atoms with Crippen LogP contribution in [0.4, 0.5) is 0 Å². The van der Waals surface area contributed by atoms with Crippen LogP contribution < -0.4 is 9.47 Å². The summed E-state index contributed by atoms with van der Waals surface area (Å²) in [5.41, 5.74) is 0.902. The highest BCUT2D eigenvalue weighted by molar-refractivity contribution is 5.35. The number of hydrogen-bond donors (Lipinski definition) is 0. The first-order valence-electron chi connectivity index (χ1n) is 7.03. The summed E-state index contributed by atoms with van der Waals surface area (Å²) in [6, 6.07) is 3.85. The van der Waals surface area contributed by atoms with Crippen molar-refractivity contribution in [3.63, 3.8) is 0 Å². The Balaban J connectivity index is 1.51. The second-order valence-corrected chi connectivity index (χ2v) is 5.23. The van der Waals surface area contributed by atoms with Gasteiger partial charge in [0.25, 0.3) is 5.88 Å². The van der Waals surface area contributed by atoms with E-state index in [1.54, 1.807) is 6.33 Å². The quantitative estimate of drug-likeness (QED) is 0.852. The molecule has 6 heteroatoms. The molecule has 104 valence electrons. The van der Waals surface area contributed by atoms with Gasteiger partial charge in [0.05, 0.1) is 12.2 Å². The van der Waals surface area contributed by atoms with E-state index >= 15 is 0 Å². The van der Waals surface area contributed by atoms with E-state index in [2.05, 4.69) is 15.1 Å². The van der Waals surface area contributed by atoms with Gasteiger partial charge in [-0.3, -0.25) is 0 Å². The van der Waals surface area contributed by atoms with Crippen LogP contribution in [-0.2, 0) is 6.54 Å². The summed E-state index contributed by atoms with van der Waals surface area (Å²) in [5.74, 6) is 2.82. The second kappa shape index (κ2) is 4.77. The summed E-state index contributed by atoms with van der Waals surface area (Å²) in [7, 11) is 0. The normalized spacial score (nSPS) is 17.8. The van der Waals surface area contributed by atoms with Gasteiger partial charge in [0.1, 0.15) is 19.5 Å². The number of rotatable bonds is 3. The highest BCUT2D eigenvalue weighted by atomic mass is 16.6. The van der Waals surface area contributed by atoms with E-state index in [1.807, 2.05) is 16.8 Å². The molecule has 0 saturated heterocycles. The maximum absolute atomic E-state index is 5.49. The van der Waals surface area contributed by atoms with Gasteiger partial charge in [0.15, 0.2) is 11.6 Å². The van der Waals surface area contributed by atoms with Crippen molar-refractivity contribution in [2.24, 2.45) is 0 Å². The van der Waals surface area contributed by atoms with E-state index in [4.69, 9.17) is 9.47 Å². The van der Waals surface area contributed by atoms with Gasteiger partial charge in [-0.25, -0.2) is 14.6 Å². The van der Waals surface area contributed by atoms with Crippen molar-refractivity contribution in [2.45, 2.75) is 31.7 Å². The van der Waals surface area contributed by atoms with E-state index in [9.17, 15) is 0 Å². The van der Waals surface area contributed by atoms with Gasteiger partial charge in [0, 0.05) is 5.92 Å². The first-order valence-corrected chi connectivity index (χ1v) is 7.03. The topological polar surface area (TPSA) is 62.1 Å². The first-order chi connectivity index (χ1) is 9.88. The van der Waals surface area contributed by atoms with Gasteiger partial charge in [-0.05, 0) is 25.0 Å². The van der Waals surface area contributed by atoms with Crippen molar-refractivity contribution in [3.8, 4) is 11.6 Å². The average molecular weight is 272 g/mol. The molecule has 0 N–H and O–H groups in total. The molecule has 1 aliphatic heterocycles. The average Bonchev–Trinajstić information content (AvgIpc) is 2.85. The number of nitrogens with zero attached hydrogens (tertiary/aromatic N) is 4. The molecule has 20 heavy (non-hydrogen) atoms. The molecule has 0 amide bonds. The van der Waals surface area contributed by atoms with Gasteiger partial charge in [-0.15, -0.1) is 0 Å². The molecule has 2 aliphatic rings. The third-order valence-corrected chi connectivity index (χ3v) is 3.81. The Morgan fingerprint density at radius 1 is 1.20 bits per heavy atom. The number of pyridine rings is 1. The smallest absolute Gasteiger partial charge is 0.257 e. The maximum Gasteiger partial charge on any atom is 0.257 e. The van der Waals surface area contributed by atoms with Crippen LogP contribution in [0.2, 0.25) is 0 Å². The standard InChI is InChI=1S/C14H16N4O2/c1-2-10(3-1)13-15-9-18(17-13)8-11-4-5-12-14(16-11)20-7-6-19-12/h4-5,9-10H,1-3,6-8H2. The van der Waals surface area contributed by atoms with Gasteiger partial charge >= 0.3 is 0 Å². The molecule has 3 heterocycles. The number of hydrogen-bond acceptors (Lipinski definition) is 5. The summed E-state index contributed by atoms with van der Waals surface area (Å²) in [6.45, 7) is 1.75. The molecular formula is C14H16N4O2. The lowest BCUT2D eigenvalue weighted by molar-refractivity contribution is 0.164. The van der Waals surface area contributed by atoms with Gasteiger partial charge in [0.2, 0.25) is 0 Å². The lowest BCUT2D eigenvalue weighted by Gasteiger charge is -2.21. The molecule has 1 aliphatic carbocycles. The molecular weight excluding hydrogens is 256 g/mol. The first kappa shape index (κ1) is 11.7. The third kappa shape index (κ3) is 2.11. The van der Waals surface area contributed by atoms with Crippen molar-refractivity contribution >= 4 is 0 Å². The Hall–Kier alpha value is -2.11. The van der Waals surface area contributed by atoms with Gasteiger partial charge < -0.3 is 9.47 Å². The van der Waals surface area contributed by atoms with Crippen LogP contribution in [0.5, 0.6) is 11.6 Å². The van der Waals surface area contributed by atoms with Gasteiger partial charge in [-0.2, -0.15) is 5.10 Å². The minimum absolute atomic E-state index is 0.554. The second-order valence-electron chi connectivity index (χ2n) is 5.23. The van der Waals surface area contributed by atoms with Crippen LogP contribution in [-0.4, -0.2) is 33.0 Å². The molecule has 0 atom stereocenters. The number of ether oxygens (including phenoxy) is 2. The molecule has 0 radical (unpaired) electrons. The highest BCUT2D eigenvalue weighted by Crippen LogP contribution is 2.34. The number of fused-ring (bicyclic) bond motifs is 1. The van der Waals surface area contributed by atoms with E-state index in [0.717, 1.165) is 11.5 Å². The molecule has 6 nitrogen and oxygen atoms in total. The van der Waals surface area contributed by atoms with E-state index in [-0.39, 0.29) is 0 Å². The van der Waals surface area contributed by atoms with Crippen molar-refractivity contribution in [2.75, 3.05) is 13.2 Å². The van der Waals surface area contributed by atoms with Crippen LogP contribution in [0.15, 0.2) is 18.5 Å². The Kier molecular flexibility index (Phi) is 2.79. The van der Waals surface area contributed by atoms with Crippen molar-refractivity contribution in [1.29, 1.82) is 0 Å². The summed E-state index contributed by atoms with van der Waals surface area (Å²) >= 11 is 0. The Labute approximate surface area is 116 Å². The fraction of sp³-hybridized carbons (Fsp3) is 0.500. The Morgan fingerprint density at radius 3 is 2.95 bits per heavy atom. The predicted molar refractivity (Wildman–Crippen MR) is 70.9 cm³/mol. The minimum Gasteiger partial charge on any atom is -0.484 e. The Bertz CT molecular complexity index is 621. The summed E-state index contributed by atoms with van der Waals surface area (Å²) in [6.07, 6.45) is 5.51. The molecule has 2 aromatic rings. The third-order valence-electron chi connectivity index (χ3n) is 3.81. The lowest BCUT2D eigenvalue weighted by Crippen LogP contribution is -2.17. The molecule has 4 rings (SSSR count). The van der Waals surface area contributed by atoms with E-state index < -0.39 is 0 Å². The zero-order valence-electron chi connectivity index (χ0n) is 11.2. The van der Waals surface area contributed by atoms with Crippen molar-refractivity contribution < 1.29 is 9.47 Å². The maximum atomic E-state index is 5.49. The molecule has 1 saturated carbocycles. The molecule has 2 aromatic heterocycles. The van der Waals surface area contributed by atoms with Crippen molar-refractivity contribution in [3.05, 3.63) is 30.0 Å². The molecule has 0 aromatic carbocycles. The Morgan fingerprint density at radius 2 is 2.10 bits per heavy atom. The molecule has 0 unspecified atom stereocenters. The number of aromatic nitrogens is 4. The summed E-state index contributed by atoms with van der Waals surface area (Å²) < 4.78 is 12.8. The van der Waals surface area contributed by atoms with Crippen LogP contribution in [0, 0.1) is 0 Å². The summed E-state index contributed by atoms with van der Waals surface area (Å²) in [5, 5.41) is 4.53. The van der Waals surface area contributed by atoms with Crippen LogP contribution in [0.3, 0.4) is 0 Å². The monoisotopic (exact) mass is 272 g/mol.